The smallest absolute Gasteiger partial charge is 0.0913 e. The molecule has 98 valence electrons. The van der Waals surface area contributed by atoms with Crippen LogP contribution in [-0.2, 0) is 22.3 Å². The van der Waals surface area contributed by atoms with E-state index in [2.05, 4.69) is 24.3 Å². The fraction of sp³-hybridized carbons (Fsp3) is 0.375. The summed E-state index contributed by atoms with van der Waals surface area (Å²) >= 11 is 0. The van der Waals surface area contributed by atoms with E-state index in [1.54, 1.807) is 12.5 Å². The molecule has 1 rings (SSSR count). The third-order valence-corrected chi connectivity index (χ3v) is 2.50. The van der Waals surface area contributed by atoms with Gasteiger partial charge in [0.2, 0.25) is 0 Å². The van der Waals surface area contributed by atoms with Gasteiger partial charge in [0.05, 0.1) is 25.7 Å². The minimum absolute atomic E-state index is 0.730. The number of allylic oxidation sites excluding steroid dienone is 2. The highest BCUT2D eigenvalue weighted by Gasteiger charge is 1.95. The predicted octanol–water partition coefficient (Wildman–Crippen LogP) is 3.87. The Morgan fingerprint density at radius 1 is 0.778 bits per heavy atom. The third kappa shape index (κ3) is 6.14. The number of rotatable bonds is 8. The summed E-state index contributed by atoms with van der Waals surface area (Å²) in [6, 6.07) is 8.63. The van der Waals surface area contributed by atoms with Crippen molar-refractivity contribution in [3.05, 3.63) is 60.1 Å². The van der Waals surface area contributed by atoms with Crippen molar-refractivity contribution in [1.82, 2.24) is 0 Å². The minimum Gasteiger partial charge on any atom is -0.501 e. The maximum Gasteiger partial charge on any atom is 0.0913 e. The first-order valence-corrected chi connectivity index (χ1v) is 6.40. The van der Waals surface area contributed by atoms with Crippen molar-refractivity contribution in [2.45, 2.75) is 26.7 Å². The van der Waals surface area contributed by atoms with Crippen molar-refractivity contribution in [2.75, 3.05) is 13.2 Å². The molecule has 0 radical (unpaired) electrons. The first-order chi connectivity index (χ1) is 8.86. The van der Waals surface area contributed by atoms with Crippen LogP contribution >= 0.6 is 0 Å². The van der Waals surface area contributed by atoms with Gasteiger partial charge in [-0.25, -0.2) is 0 Å². The van der Waals surface area contributed by atoms with Crippen molar-refractivity contribution in [3.63, 3.8) is 0 Å². The Balaban J connectivity index is 2.28. The monoisotopic (exact) mass is 246 g/mol. The summed E-state index contributed by atoms with van der Waals surface area (Å²) in [7, 11) is 0. The molecule has 0 aliphatic heterocycles. The third-order valence-electron chi connectivity index (χ3n) is 2.50. The summed E-state index contributed by atoms with van der Waals surface area (Å²) in [6.07, 6.45) is 9.14. The van der Waals surface area contributed by atoms with Crippen LogP contribution < -0.4 is 0 Å². The molecule has 0 bridgehead atoms. The standard InChI is InChI=1S/C16H22O2/c1-3-11-17-13-9-15-5-7-16(8-6-15)10-14-18-12-4-2/h3-8,11-12H,9-10,13-14H2,1-2H3/b11-3-,12-4-. The average Bonchev–Trinajstić information content (AvgIpc) is 2.41. The normalized spacial score (nSPS) is 11.2. The minimum atomic E-state index is 0.730. The molecule has 0 aliphatic carbocycles. The molecule has 0 atom stereocenters. The first kappa shape index (κ1) is 14.4. The second kappa shape index (κ2) is 9.34. The van der Waals surface area contributed by atoms with Gasteiger partial charge in [0.1, 0.15) is 0 Å². The van der Waals surface area contributed by atoms with E-state index < -0.39 is 0 Å². The quantitative estimate of drug-likeness (QED) is 0.512. The van der Waals surface area contributed by atoms with Crippen LogP contribution in [-0.4, -0.2) is 13.2 Å². The summed E-state index contributed by atoms with van der Waals surface area (Å²) in [5.74, 6) is 0. The van der Waals surface area contributed by atoms with Gasteiger partial charge in [0, 0.05) is 12.8 Å². The van der Waals surface area contributed by atoms with Gasteiger partial charge in [-0.1, -0.05) is 36.4 Å². The Morgan fingerprint density at radius 3 is 1.50 bits per heavy atom. The van der Waals surface area contributed by atoms with E-state index in [4.69, 9.17) is 9.47 Å². The van der Waals surface area contributed by atoms with Crippen LogP contribution in [0.1, 0.15) is 25.0 Å². The lowest BCUT2D eigenvalue weighted by molar-refractivity contribution is 0.252. The maximum atomic E-state index is 5.30. The highest BCUT2D eigenvalue weighted by molar-refractivity contribution is 5.22. The van der Waals surface area contributed by atoms with E-state index in [0.717, 1.165) is 26.1 Å². The van der Waals surface area contributed by atoms with Crippen molar-refractivity contribution in [1.29, 1.82) is 0 Å². The summed E-state index contributed by atoms with van der Waals surface area (Å²) in [4.78, 5) is 0. The highest BCUT2D eigenvalue weighted by atomic mass is 16.5. The van der Waals surface area contributed by atoms with E-state index in [-0.39, 0.29) is 0 Å². The Kier molecular flexibility index (Phi) is 7.45. The first-order valence-electron chi connectivity index (χ1n) is 6.40. The van der Waals surface area contributed by atoms with Crippen LogP contribution in [0, 0.1) is 0 Å². The van der Waals surface area contributed by atoms with Gasteiger partial charge in [-0.15, -0.1) is 0 Å². The SMILES string of the molecule is C/C=C\OCCc1ccc(CCO/C=C\C)cc1. The van der Waals surface area contributed by atoms with Crippen molar-refractivity contribution < 1.29 is 9.47 Å². The molecular formula is C16H22O2. The van der Waals surface area contributed by atoms with Crippen LogP contribution in [0.15, 0.2) is 48.9 Å². The van der Waals surface area contributed by atoms with Gasteiger partial charge in [-0.2, -0.15) is 0 Å². The fourth-order valence-corrected chi connectivity index (χ4v) is 1.55. The zero-order valence-corrected chi connectivity index (χ0v) is 11.3. The van der Waals surface area contributed by atoms with Gasteiger partial charge < -0.3 is 9.47 Å². The Morgan fingerprint density at radius 2 is 1.17 bits per heavy atom. The van der Waals surface area contributed by atoms with Gasteiger partial charge in [0.15, 0.2) is 0 Å². The average molecular weight is 246 g/mol. The van der Waals surface area contributed by atoms with Crippen LogP contribution in [0.4, 0.5) is 0 Å². The predicted molar refractivity (Wildman–Crippen MR) is 75.4 cm³/mol. The molecule has 18 heavy (non-hydrogen) atoms. The van der Waals surface area contributed by atoms with Crippen LogP contribution in [0.2, 0.25) is 0 Å². The van der Waals surface area contributed by atoms with E-state index in [1.165, 1.54) is 11.1 Å². The number of benzene rings is 1. The lowest BCUT2D eigenvalue weighted by Crippen LogP contribution is -1.96. The maximum absolute atomic E-state index is 5.30. The summed E-state index contributed by atoms with van der Waals surface area (Å²) < 4.78 is 10.6. The molecule has 0 amide bonds. The van der Waals surface area contributed by atoms with Crippen molar-refractivity contribution in [2.24, 2.45) is 0 Å². The van der Waals surface area contributed by atoms with Crippen LogP contribution in [0.25, 0.3) is 0 Å². The van der Waals surface area contributed by atoms with E-state index in [9.17, 15) is 0 Å². The van der Waals surface area contributed by atoms with Gasteiger partial charge in [0.25, 0.3) is 0 Å². The molecule has 1 aromatic rings. The van der Waals surface area contributed by atoms with E-state index in [0.29, 0.717) is 0 Å². The zero-order chi connectivity index (χ0) is 13.1. The molecule has 0 N–H and O–H groups in total. The molecular weight excluding hydrogens is 224 g/mol. The van der Waals surface area contributed by atoms with Crippen LogP contribution in [0.5, 0.6) is 0 Å². The summed E-state index contributed by atoms with van der Waals surface area (Å²) in [5, 5.41) is 0. The lowest BCUT2D eigenvalue weighted by Gasteiger charge is -2.04. The Bertz CT molecular complexity index is 326. The second-order valence-corrected chi connectivity index (χ2v) is 4.00. The van der Waals surface area contributed by atoms with Gasteiger partial charge >= 0.3 is 0 Å². The molecule has 0 aromatic heterocycles. The van der Waals surface area contributed by atoms with Gasteiger partial charge in [-0.3, -0.25) is 0 Å². The molecule has 0 spiro atoms. The molecule has 2 heteroatoms. The molecule has 1 aromatic carbocycles. The molecule has 0 aliphatic rings. The fourth-order valence-electron chi connectivity index (χ4n) is 1.55. The molecule has 0 fully saturated rings. The van der Waals surface area contributed by atoms with Crippen molar-refractivity contribution in [3.8, 4) is 0 Å². The summed E-state index contributed by atoms with van der Waals surface area (Å²) in [6.45, 7) is 5.36. The van der Waals surface area contributed by atoms with Crippen LogP contribution in [0.3, 0.4) is 0 Å². The van der Waals surface area contributed by atoms with Crippen molar-refractivity contribution >= 4 is 0 Å². The second-order valence-electron chi connectivity index (χ2n) is 4.00. The molecule has 0 heterocycles. The van der Waals surface area contributed by atoms with Gasteiger partial charge in [-0.05, 0) is 25.0 Å². The summed E-state index contributed by atoms with van der Waals surface area (Å²) in [5.41, 5.74) is 2.61. The molecule has 2 nitrogen and oxygen atoms in total. The zero-order valence-electron chi connectivity index (χ0n) is 11.3. The molecule has 0 unspecified atom stereocenters. The Labute approximate surface area is 110 Å². The number of hydrogen-bond acceptors (Lipinski definition) is 2. The largest absolute Gasteiger partial charge is 0.501 e. The number of ether oxygens (including phenoxy) is 2. The Hall–Kier alpha value is -1.70. The number of hydrogen-bond donors (Lipinski definition) is 0. The lowest BCUT2D eigenvalue weighted by atomic mass is 10.1. The molecule has 0 saturated carbocycles. The van der Waals surface area contributed by atoms with E-state index >= 15 is 0 Å². The van der Waals surface area contributed by atoms with E-state index in [1.807, 2.05) is 26.0 Å². The topological polar surface area (TPSA) is 18.5 Å². The molecule has 0 saturated heterocycles. The highest BCUT2D eigenvalue weighted by Crippen LogP contribution is 2.06.